The van der Waals surface area contributed by atoms with Crippen molar-refractivity contribution < 1.29 is 0 Å². The van der Waals surface area contributed by atoms with Gasteiger partial charge in [0.1, 0.15) is 0 Å². The predicted molar refractivity (Wildman–Crippen MR) is 96.1 cm³/mol. The molecule has 1 aliphatic rings. The third-order valence-corrected chi connectivity index (χ3v) is 4.19. The molecule has 1 heterocycles. The Bertz CT molecular complexity index is 565. The molecule has 1 aromatic heterocycles. The molecule has 0 unspecified atom stereocenters. The van der Waals surface area contributed by atoms with Gasteiger partial charge in [0.05, 0.1) is 0 Å². The fraction of sp³-hybridized carbons (Fsp3) is 0.579. The van der Waals surface area contributed by atoms with Gasteiger partial charge in [0.2, 0.25) is 0 Å². The number of benzene rings is 1. The van der Waals surface area contributed by atoms with Gasteiger partial charge in [-0.15, -0.1) is 0 Å². The summed E-state index contributed by atoms with van der Waals surface area (Å²) < 4.78 is 0. The zero-order valence-electron chi connectivity index (χ0n) is 14.3. The van der Waals surface area contributed by atoms with Crippen molar-refractivity contribution in [2.75, 3.05) is 0 Å². The highest BCUT2D eigenvalue weighted by Gasteiger charge is 2.17. The molecule has 3 rings (SSSR count). The zero-order chi connectivity index (χ0) is 15.9. The van der Waals surface area contributed by atoms with E-state index in [1.54, 1.807) is 0 Å². The Morgan fingerprint density at radius 2 is 1.82 bits per heavy atom. The van der Waals surface area contributed by atoms with E-state index in [0.717, 1.165) is 19.4 Å². The van der Waals surface area contributed by atoms with Crippen LogP contribution in [0.2, 0.25) is 0 Å². The van der Waals surface area contributed by atoms with E-state index >= 15 is 0 Å². The average Bonchev–Trinajstić information content (AvgIpc) is 2.87. The minimum Gasteiger partial charge on any atom is -0.359 e. The van der Waals surface area contributed by atoms with Crippen LogP contribution in [0.15, 0.2) is 24.3 Å². The van der Waals surface area contributed by atoms with Gasteiger partial charge in [-0.2, -0.15) is 0 Å². The molecule has 0 amide bonds. The molecule has 0 aliphatic heterocycles. The molecule has 3 nitrogen and oxygen atoms in total. The molecular weight excluding hydrogens is 270 g/mol. The van der Waals surface area contributed by atoms with Crippen LogP contribution in [0.25, 0.3) is 10.9 Å². The summed E-state index contributed by atoms with van der Waals surface area (Å²) in [4.78, 5) is 3.36. The van der Waals surface area contributed by atoms with E-state index in [4.69, 9.17) is 5.73 Å². The maximum absolute atomic E-state index is 5.94. The fourth-order valence-electron chi connectivity index (χ4n) is 3.02. The second kappa shape index (κ2) is 8.35. The molecule has 0 bridgehead atoms. The molecule has 122 valence electrons. The highest BCUT2D eigenvalue weighted by atomic mass is 14.9. The number of rotatable bonds is 3. The summed E-state index contributed by atoms with van der Waals surface area (Å²) in [6, 6.07) is 9.94. The first kappa shape index (κ1) is 17.0. The number of nitrogens with two attached hydrogens (primary N) is 1. The summed E-state index contributed by atoms with van der Waals surface area (Å²) >= 11 is 0. The second-order valence-corrected chi connectivity index (χ2v) is 6.57. The lowest BCUT2D eigenvalue weighted by Crippen LogP contribution is -2.36. The van der Waals surface area contributed by atoms with Gasteiger partial charge < -0.3 is 16.0 Å². The number of fused-ring (bicyclic) bond motifs is 1. The van der Waals surface area contributed by atoms with E-state index in [0.29, 0.717) is 12.1 Å². The second-order valence-electron chi connectivity index (χ2n) is 6.57. The molecule has 0 atom stereocenters. The van der Waals surface area contributed by atoms with Crippen LogP contribution in [-0.4, -0.2) is 17.1 Å². The number of aromatic nitrogens is 1. The Labute approximate surface area is 134 Å². The van der Waals surface area contributed by atoms with Crippen molar-refractivity contribution >= 4 is 10.9 Å². The van der Waals surface area contributed by atoms with Gasteiger partial charge >= 0.3 is 0 Å². The number of H-pyrrole nitrogens is 1. The fourth-order valence-corrected chi connectivity index (χ4v) is 3.02. The van der Waals surface area contributed by atoms with Crippen LogP contribution in [0.1, 0.15) is 57.2 Å². The molecule has 1 aliphatic carbocycles. The molecule has 0 radical (unpaired) electrons. The van der Waals surface area contributed by atoms with E-state index < -0.39 is 0 Å². The van der Waals surface area contributed by atoms with Crippen LogP contribution < -0.4 is 11.1 Å². The summed E-state index contributed by atoms with van der Waals surface area (Å²) in [5.41, 5.74) is 9.75. The third kappa shape index (κ3) is 4.85. The molecule has 0 saturated heterocycles. The van der Waals surface area contributed by atoms with Gasteiger partial charge in [-0.25, -0.2) is 0 Å². The molecule has 4 N–H and O–H groups in total. The highest BCUT2D eigenvalue weighted by Crippen LogP contribution is 2.19. The van der Waals surface area contributed by atoms with E-state index in [1.165, 1.54) is 41.4 Å². The first-order valence-corrected chi connectivity index (χ1v) is 8.69. The Morgan fingerprint density at radius 3 is 2.50 bits per heavy atom. The Hall–Kier alpha value is -1.32. The van der Waals surface area contributed by atoms with Gasteiger partial charge in [-0.05, 0) is 61.8 Å². The van der Waals surface area contributed by atoms with E-state index in [-0.39, 0.29) is 0 Å². The molecular formula is C19H31N3. The first-order chi connectivity index (χ1) is 10.6. The summed E-state index contributed by atoms with van der Waals surface area (Å²) in [5.74, 6) is 0. The maximum Gasteiger partial charge on any atom is 0.0456 e. The van der Waals surface area contributed by atoms with Gasteiger partial charge in [0.15, 0.2) is 0 Å². The topological polar surface area (TPSA) is 53.8 Å². The van der Waals surface area contributed by atoms with Crippen molar-refractivity contribution in [2.24, 2.45) is 5.73 Å². The Kier molecular flexibility index (Phi) is 6.47. The number of hydrogen-bond donors (Lipinski definition) is 3. The van der Waals surface area contributed by atoms with E-state index in [1.807, 2.05) is 0 Å². The number of nitrogens with one attached hydrogen (secondary N) is 2. The number of hydrogen-bond acceptors (Lipinski definition) is 2. The van der Waals surface area contributed by atoms with Gasteiger partial charge in [0.25, 0.3) is 0 Å². The van der Waals surface area contributed by atoms with Crippen molar-refractivity contribution in [2.45, 2.75) is 71.5 Å². The Balaban J connectivity index is 0.000000545. The van der Waals surface area contributed by atoms with Crippen LogP contribution in [0, 0.1) is 6.92 Å². The van der Waals surface area contributed by atoms with Crippen molar-refractivity contribution in [3.63, 3.8) is 0 Å². The normalized spacial score (nSPS) is 21.5. The molecule has 1 fully saturated rings. The summed E-state index contributed by atoms with van der Waals surface area (Å²) in [7, 11) is 0. The molecule has 1 saturated carbocycles. The lowest BCUT2D eigenvalue weighted by molar-refractivity contribution is 0.342. The lowest BCUT2D eigenvalue weighted by atomic mass is 9.92. The number of aromatic amines is 1. The molecule has 0 spiro atoms. The molecule has 22 heavy (non-hydrogen) atoms. The maximum atomic E-state index is 5.94. The van der Waals surface area contributed by atoms with Crippen LogP contribution >= 0.6 is 0 Å². The van der Waals surface area contributed by atoms with Crippen molar-refractivity contribution in [3.05, 3.63) is 35.5 Å². The van der Waals surface area contributed by atoms with Crippen molar-refractivity contribution in [3.8, 4) is 0 Å². The average molecular weight is 301 g/mol. The summed E-state index contributed by atoms with van der Waals surface area (Å²) in [6.07, 6.45) is 6.00. The van der Waals surface area contributed by atoms with Crippen LogP contribution in [0.3, 0.4) is 0 Å². The summed E-state index contributed by atoms with van der Waals surface area (Å²) in [5, 5.41) is 4.97. The molecule has 3 heteroatoms. The zero-order valence-corrected chi connectivity index (χ0v) is 14.3. The van der Waals surface area contributed by atoms with Gasteiger partial charge in [-0.3, -0.25) is 0 Å². The van der Waals surface area contributed by atoms with E-state index in [9.17, 15) is 0 Å². The van der Waals surface area contributed by atoms with Crippen molar-refractivity contribution in [1.29, 1.82) is 0 Å². The largest absolute Gasteiger partial charge is 0.359 e. The van der Waals surface area contributed by atoms with E-state index in [2.05, 4.69) is 55.3 Å². The Morgan fingerprint density at radius 1 is 1.14 bits per heavy atom. The monoisotopic (exact) mass is 301 g/mol. The van der Waals surface area contributed by atoms with Gasteiger partial charge in [0, 0.05) is 29.8 Å². The predicted octanol–water partition coefficient (Wildman–Crippen LogP) is 4.25. The minimum absolute atomic E-state index is 0.428. The summed E-state index contributed by atoms with van der Waals surface area (Å²) in [6.45, 7) is 7.31. The molecule has 2 aromatic rings. The molecule has 1 aromatic carbocycles. The van der Waals surface area contributed by atoms with Crippen LogP contribution in [0.4, 0.5) is 0 Å². The SMILES string of the molecule is CCC.Cc1cc2cc(CNC3CCC(N)CC3)ccc2[nH]1. The van der Waals surface area contributed by atoms with Crippen molar-refractivity contribution in [1.82, 2.24) is 10.3 Å². The van der Waals surface area contributed by atoms with Crippen LogP contribution in [-0.2, 0) is 6.54 Å². The lowest BCUT2D eigenvalue weighted by Gasteiger charge is -2.27. The first-order valence-electron chi connectivity index (χ1n) is 8.69. The highest BCUT2D eigenvalue weighted by molar-refractivity contribution is 5.81. The smallest absolute Gasteiger partial charge is 0.0456 e. The third-order valence-electron chi connectivity index (χ3n) is 4.19. The number of aryl methyl sites for hydroxylation is 1. The standard InChI is InChI=1S/C16H23N3.C3H8/c1-11-8-13-9-12(2-7-16(13)19-11)10-18-15-5-3-14(17)4-6-15;1-3-2/h2,7-9,14-15,18-19H,3-6,10,17H2,1H3;3H2,1-2H3. The van der Waals surface area contributed by atoms with Crippen LogP contribution in [0.5, 0.6) is 0 Å². The van der Waals surface area contributed by atoms with Gasteiger partial charge in [-0.1, -0.05) is 26.3 Å². The minimum atomic E-state index is 0.428. The quantitative estimate of drug-likeness (QED) is 0.793.